The highest BCUT2D eigenvalue weighted by Gasteiger charge is 2.41. The lowest BCUT2D eigenvalue weighted by Crippen LogP contribution is -2.57. The molecule has 1 heterocycles. The monoisotopic (exact) mass is 674 g/mol. The van der Waals surface area contributed by atoms with Crippen molar-refractivity contribution in [2.75, 3.05) is 9.80 Å². The van der Waals surface area contributed by atoms with Gasteiger partial charge >= 0.3 is 0 Å². The maximum absolute atomic E-state index is 13.8. The summed E-state index contributed by atoms with van der Waals surface area (Å²) in [5, 5.41) is 0.115. The minimum Gasteiger partial charge on any atom is -0.489 e. The third kappa shape index (κ3) is 5.80. The van der Waals surface area contributed by atoms with E-state index in [2.05, 4.69) is 31.9 Å². The molecule has 0 radical (unpaired) electrons. The molecule has 0 unspecified atom stereocenters. The Balaban J connectivity index is 1.46. The van der Waals surface area contributed by atoms with Gasteiger partial charge in [-0.2, -0.15) is 0 Å². The van der Waals surface area contributed by atoms with Gasteiger partial charge in [0.2, 0.25) is 0 Å². The van der Waals surface area contributed by atoms with Gasteiger partial charge in [0.05, 0.1) is 11.4 Å². The maximum atomic E-state index is 13.8. The fraction of sp³-hybridized carbons (Fsp3) is 0.0938. The number of benzene rings is 4. The molecule has 0 N–H and O–H groups in total. The first-order chi connectivity index (χ1) is 19.2. The zero-order valence-electron chi connectivity index (χ0n) is 21.7. The molecule has 1 aliphatic heterocycles. The van der Waals surface area contributed by atoms with Crippen LogP contribution in [0.4, 0.5) is 11.4 Å². The van der Waals surface area contributed by atoms with E-state index in [1.807, 2.05) is 92.7 Å². The minimum absolute atomic E-state index is 0.0168. The molecule has 0 aromatic heterocycles. The topological polar surface area (TPSA) is 49.9 Å². The molecule has 200 valence electrons. The average molecular weight is 676 g/mol. The van der Waals surface area contributed by atoms with Crippen LogP contribution in [0.15, 0.2) is 106 Å². The zero-order chi connectivity index (χ0) is 28.4. The summed E-state index contributed by atoms with van der Waals surface area (Å²) in [7, 11) is 0. The van der Waals surface area contributed by atoms with Crippen molar-refractivity contribution >= 4 is 78.5 Å². The Morgan fingerprint density at radius 3 is 2.10 bits per heavy atom. The number of halogens is 2. The van der Waals surface area contributed by atoms with E-state index < -0.39 is 11.8 Å². The van der Waals surface area contributed by atoms with Crippen molar-refractivity contribution in [1.82, 2.24) is 0 Å². The maximum Gasteiger partial charge on any atom is 0.270 e. The number of anilines is 2. The number of carbonyl (C=O) groups excluding carboxylic acids is 2. The van der Waals surface area contributed by atoms with Gasteiger partial charge in [0.1, 0.15) is 17.9 Å². The number of carbonyl (C=O) groups is 2. The third-order valence-corrected chi connectivity index (χ3v) is 8.21. The van der Waals surface area contributed by atoms with Gasteiger partial charge in [0.25, 0.3) is 11.8 Å². The number of para-hydroxylation sites is 1. The quantitative estimate of drug-likeness (QED) is 0.118. The van der Waals surface area contributed by atoms with Crippen LogP contribution in [0, 0.1) is 13.8 Å². The molecule has 1 saturated heterocycles. The van der Waals surface area contributed by atoms with E-state index in [0.717, 1.165) is 25.6 Å². The van der Waals surface area contributed by atoms with Crippen LogP contribution in [-0.2, 0) is 16.2 Å². The second kappa shape index (κ2) is 11.9. The summed E-state index contributed by atoms with van der Waals surface area (Å²) in [5.41, 5.74) is 5.04. The van der Waals surface area contributed by atoms with Gasteiger partial charge < -0.3 is 4.74 Å². The van der Waals surface area contributed by atoms with Crippen molar-refractivity contribution in [2.45, 2.75) is 20.5 Å². The summed E-state index contributed by atoms with van der Waals surface area (Å²) in [6, 6.07) is 28.0. The normalized spacial score (nSPS) is 14.7. The Bertz CT molecular complexity index is 1650. The lowest BCUT2D eigenvalue weighted by Gasteiger charge is -2.36. The largest absolute Gasteiger partial charge is 0.489 e. The summed E-state index contributed by atoms with van der Waals surface area (Å²) in [6.07, 6.45) is 1.60. The number of rotatable bonds is 6. The van der Waals surface area contributed by atoms with Crippen LogP contribution in [0.2, 0.25) is 0 Å². The van der Waals surface area contributed by atoms with E-state index in [1.165, 1.54) is 9.80 Å². The molecule has 0 saturated carbocycles. The van der Waals surface area contributed by atoms with Crippen molar-refractivity contribution in [3.05, 3.63) is 128 Å². The summed E-state index contributed by atoms with van der Waals surface area (Å²) in [6.45, 7) is 4.37. The predicted molar refractivity (Wildman–Crippen MR) is 171 cm³/mol. The first-order valence-electron chi connectivity index (χ1n) is 12.5. The minimum atomic E-state index is -0.471. The molecule has 1 fully saturated rings. The fourth-order valence-corrected chi connectivity index (χ4v) is 5.79. The molecular formula is C32H24Br2N2O3S. The SMILES string of the molecule is Cc1ccc(N2C(=O)/C(=C\c3ccc(OCc4ccc(Br)cc4Br)cc3)C(=O)N(c3ccccc3)C2=S)cc1C. The Kier molecular flexibility index (Phi) is 8.30. The van der Waals surface area contributed by atoms with Crippen LogP contribution >= 0.6 is 44.1 Å². The van der Waals surface area contributed by atoms with Gasteiger partial charge in [-0.1, -0.05) is 74.3 Å². The summed E-state index contributed by atoms with van der Waals surface area (Å²) in [5.74, 6) is -0.269. The summed E-state index contributed by atoms with van der Waals surface area (Å²) >= 11 is 12.7. The van der Waals surface area contributed by atoms with Crippen molar-refractivity contribution in [2.24, 2.45) is 0 Å². The van der Waals surface area contributed by atoms with Gasteiger partial charge in [-0.05, 0) is 97.4 Å². The number of ether oxygens (including phenoxy) is 1. The third-order valence-electron chi connectivity index (χ3n) is 6.61. The molecule has 2 amide bonds. The molecule has 40 heavy (non-hydrogen) atoms. The Morgan fingerprint density at radius 2 is 1.45 bits per heavy atom. The molecule has 0 bridgehead atoms. The second-order valence-electron chi connectivity index (χ2n) is 9.32. The van der Waals surface area contributed by atoms with Crippen molar-refractivity contribution in [3.8, 4) is 5.75 Å². The Labute approximate surface area is 255 Å². The van der Waals surface area contributed by atoms with Crippen molar-refractivity contribution in [3.63, 3.8) is 0 Å². The molecule has 0 atom stereocenters. The average Bonchev–Trinajstić information content (AvgIpc) is 2.94. The van der Waals surface area contributed by atoms with E-state index in [1.54, 1.807) is 18.2 Å². The van der Waals surface area contributed by atoms with Crippen LogP contribution in [0.1, 0.15) is 22.3 Å². The van der Waals surface area contributed by atoms with Gasteiger partial charge in [-0.3, -0.25) is 19.4 Å². The fourth-order valence-electron chi connectivity index (χ4n) is 4.25. The van der Waals surface area contributed by atoms with Gasteiger partial charge in [0.15, 0.2) is 5.11 Å². The van der Waals surface area contributed by atoms with Gasteiger partial charge in [0, 0.05) is 14.5 Å². The molecule has 4 aromatic carbocycles. The zero-order valence-corrected chi connectivity index (χ0v) is 25.7. The highest BCUT2D eigenvalue weighted by Crippen LogP contribution is 2.31. The number of hydrogen-bond acceptors (Lipinski definition) is 4. The lowest BCUT2D eigenvalue weighted by atomic mass is 10.0. The second-order valence-corrected chi connectivity index (χ2v) is 11.5. The van der Waals surface area contributed by atoms with Crippen LogP contribution in [0.25, 0.3) is 6.08 Å². The molecule has 5 nitrogen and oxygen atoms in total. The number of nitrogens with zero attached hydrogens (tertiary/aromatic N) is 2. The highest BCUT2D eigenvalue weighted by molar-refractivity contribution is 9.11. The van der Waals surface area contributed by atoms with Crippen molar-refractivity contribution < 1.29 is 14.3 Å². The van der Waals surface area contributed by atoms with Crippen LogP contribution < -0.4 is 14.5 Å². The summed E-state index contributed by atoms with van der Waals surface area (Å²) in [4.78, 5) is 30.4. The Hall–Kier alpha value is -3.59. The lowest BCUT2D eigenvalue weighted by molar-refractivity contribution is -0.120. The standard InChI is InChI=1S/C32H24Br2N2O3S/c1-20-8-13-26(16-21(20)2)36-31(38)28(30(37)35(32(36)40)25-6-4-3-5-7-25)17-22-9-14-27(15-10-22)39-19-23-11-12-24(33)18-29(23)34/h3-18H,19H2,1-2H3/b28-17-. The molecule has 4 aromatic rings. The first kappa shape index (κ1) is 28.0. The van der Waals surface area contributed by atoms with Crippen LogP contribution in [0.5, 0.6) is 5.75 Å². The van der Waals surface area contributed by atoms with E-state index >= 15 is 0 Å². The van der Waals surface area contributed by atoms with Crippen LogP contribution in [0.3, 0.4) is 0 Å². The molecular weight excluding hydrogens is 652 g/mol. The van der Waals surface area contributed by atoms with Gasteiger partial charge in [-0.25, -0.2) is 0 Å². The smallest absolute Gasteiger partial charge is 0.270 e. The summed E-state index contributed by atoms with van der Waals surface area (Å²) < 4.78 is 7.88. The van der Waals surface area contributed by atoms with E-state index in [-0.39, 0.29) is 10.7 Å². The number of hydrogen-bond donors (Lipinski definition) is 0. The Morgan fingerprint density at radius 1 is 0.775 bits per heavy atom. The van der Waals surface area contributed by atoms with E-state index in [9.17, 15) is 9.59 Å². The van der Waals surface area contributed by atoms with E-state index in [4.69, 9.17) is 17.0 Å². The van der Waals surface area contributed by atoms with Gasteiger partial charge in [-0.15, -0.1) is 0 Å². The number of thiocarbonyl (C=S) groups is 1. The molecule has 0 aliphatic carbocycles. The van der Waals surface area contributed by atoms with Crippen molar-refractivity contribution in [1.29, 1.82) is 0 Å². The first-order valence-corrected chi connectivity index (χ1v) is 14.5. The predicted octanol–water partition coefficient (Wildman–Crippen LogP) is 8.16. The molecule has 8 heteroatoms. The highest BCUT2D eigenvalue weighted by atomic mass is 79.9. The number of amides is 2. The van der Waals surface area contributed by atoms with Crippen LogP contribution in [-0.4, -0.2) is 16.9 Å². The van der Waals surface area contributed by atoms with E-state index in [0.29, 0.717) is 29.3 Å². The molecule has 1 aliphatic rings. The molecule has 5 rings (SSSR count). The number of aryl methyl sites for hydroxylation is 2. The molecule has 0 spiro atoms.